The van der Waals surface area contributed by atoms with Crippen LogP contribution in [0.5, 0.6) is 5.75 Å². The first-order valence-electron chi connectivity index (χ1n) is 8.12. The number of hydrogen-bond acceptors (Lipinski definition) is 5. The average Bonchev–Trinajstić information content (AvgIpc) is 2.90. The summed E-state index contributed by atoms with van der Waals surface area (Å²) in [5.41, 5.74) is 2.79. The van der Waals surface area contributed by atoms with Crippen LogP contribution < -0.4 is 4.74 Å². The van der Waals surface area contributed by atoms with Crippen LogP contribution in [-0.4, -0.2) is 34.4 Å². The van der Waals surface area contributed by atoms with Gasteiger partial charge in [0.25, 0.3) is 5.91 Å². The minimum Gasteiger partial charge on any atom is -0.482 e. The Labute approximate surface area is 147 Å². The van der Waals surface area contributed by atoms with Crippen LogP contribution in [0.15, 0.2) is 12.1 Å². The predicted octanol–water partition coefficient (Wildman–Crippen LogP) is 3.62. The van der Waals surface area contributed by atoms with Gasteiger partial charge in [-0.25, -0.2) is 4.98 Å². The number of likely N-dealkylation sites (N-methyl/N-ethyl adjacent to an activating group) is 1. The lowest BCUT2D eigenvalue weighted by Crippen LogP contribution is -2.34. The fourth-order valence-electron chi connectivity index (χ4n) is 2.56. The van der Waals surface area contributed by atoms with Crippen molar-refractivity contribution in [1.82, 2.24) is 14.9 Å². The fraction of sp³-hybridized carbons (Fsp3) is 0.500. The molecule has 0 saturated carbocycles. The molecule has 0 aromatic carbocycles. The highest BCUT2D eigenvalue weighted by atomic mass is 32.1. The largest absolute Gasteiger partial charge is 0.482 e. The maximum atomic E-state index is 12.5. The summed E-state index contributed by atoms with van der Waals surface area (Å²) in [5, 5.41) is 1.02. The van der Waals surface area contributed by atoms with Crippen molar-refractivity contribution in [3.05, 3.63) is 39.1 Å². The summed E-state index contributed by atoms with van der Waals surface area (Å²) in [5.74, 6) is 0.605. The normalized spacial score (nSPS) is 12.1. The summed E-state index contributed by atoms with van der Waals surface area (Å²) in [6.07, 6.45) is 0.773. The summed E-state index contributed by atoms with van der Waals surface area (Å²) in [7, 11) is 1.79. The fourth-order valence-corrected chi connectivity index (χ4v) is 3.46. The molecule has 2 heterocycles. The molecule has 0 aliphatic heterocycles. The monoisotopic (exact) mass is 347 g/mol. The lowest BCUT2D eigenvalue weighted by Gasteiger charge is -2.24. The molecule has 1 unspecified atom stereocenters. The Bertz CT molecular complexity index is 727. The first-order chi connectivity index (χ1) is 11.3. The van der Waals surface area contributed by atoms with Gasteiger partial charge in [0.15, 0.2) is 6.61 Å². The number of rotatable bonds is 6. The molecule has 0 saturated heterocycles. The van der Waals surface area contributed by atoms with Crippen LogP contribution >= 0.6 is 11.3 Å². The number of carbonyl (C=O) groups is 1. The Morgan fingerprint density at radius 3 is 2.58 bits per heavy atom. The van der Waals surface area contributed by atoms with Gasteiger partial charge in [-0.2, -0.15) is 0 Å². The van der Waals surface area contributed by atoms with E-state index in [9.17, 15) is 4.79 Å². The second-order valence-corrected chi connectivity index (χ2v) is 7.30. The van der Waals surface area contributed by atoms with Crippen LogP contribution in [0.3, 0.4) is 0 Å². The maximum absolute atomic E-state index is 12.5. The molecule has 5 nitrogen and oxygen atoms in total. The zero-order chi connectivity index (χ0) is 17.9. The summed E-state index contributed by atoms with van der Waals surface area (Å²) < 4.78 is 5.72. The first-order valence-corrected chi connectivity index (χ1v) is 8.94. The van der Waals surface area contributed by atoms with Crippen molar-refractivity contribution in [3.63, 3.8) is 0 Å². The SMILES string of the molecule is CCc1nc(C)ccc1OCC(=O)N(C)C(C)c1nc(C)sc1C. The van der Waals surface area contributed by atoms with E-state index in [0.29, 0.717) is 5.75 Å². The van der Waals surface area contributed by atoms with Crippen LogP contribution in [0.25, 0.3) is 0 Å². The summed E-state index contributed by atoms with van der Waals surface area (Å²) >= 11 is 1.65. The van der Waals surface area contributed by atoms with E-state index in [0.717, 1.165) is 33.4 Å². The lowest BCUT2D eigenvalue weighted by molar-refractivity contribution is -0.134. The highest BCUT2D eigenvalue weighted by Gasteiger charge is 2.22. The highest BCUT2D eigenvalue weighted by molar-refractivity contribution is 7.11. The highest BCUT2D eigenvalue weighted by Crippen LogP contribution is 2.26. The molecule has 0 fully saturated rings. The quantitative estimate of drug-likeness (QED) is 0.801. The van der Waals surface area contributed by atoms with E-state index in [1.165, 1.54) is 0 Å². The number of pyridine rings is 1. The van der Waals surface area contributed by atoms with Crippen LogP contribution in [0.4, 0.5) is 0 Å². The predicted molar refractivity (Wildman–Crippen MR) is 96.6 cm³/mol. The zero-order valence-corrected chi connectivity index (χ0v) is 16.0. The second kappa shape index (κ2) is 7.75. The molecule has 0 aliphatic carbocycles. The molecule has 1 amide bonds. The van der Waals surface area contributed by atoms with Crippen LogP contribution in [0.2, 0.25) is 0 Å². The van der Waals surface area contributed by atoms with E-state index in [1.807, 2.05) is 46.8 Å². The van der Waals surface area contributed by atoms with Gasteiger partial charge in [0.2, 0.25) is 0 Å². The number of nitrogens with zero attached hydrogens (tertiary/aromatic N) is 3. The molecule has 130 valence electrons. The zero-order valence-electron chi connectivity index (χ0n) is 15.2. The maximum Gasteiger partial charge on any atom is 0.260 e. The molecular weight excluding hydrogens is 322 g/mol. The number of thiazole rings is 1. The number of aryl methyl sites for hydroxylation is 4. The molecule has 6 heteroatoms. The van der Waals surface area contributed by atoms with Gasteiger partial charge in [-0.3, -0.25) is 9.78 Å². The van der Waals surface area contributed by atoms with Gasteiger partial charge in [-0.05, 0) is 46.2 Å². The summed E-state index contributed by atoms with van der Waals surface area (Å²) in [4.78, 5) is 24.3. The van der Waals surface area contributed by atoms with E-state index in [2.05, 4.69) is 9.97 Å². The first kappa shape index (κ1) is 18.4. The minimum absolute atomic E-state index is 0.000742. The van der Waals surface area contributed by atoms with Gasteiger partial charge in [-0.1, -0.05) is 6.92 Å². The molecule has 0 N–H and O–H groups in total. The molecular formula is C18H25N3O2S. The van der Waals surface area contributed by atoms with E-state index in [4.69, 9.17) is 4.74 Å². The van der Waals surface area contributed by atoms with E-state index < -0.39 is 0 Å². The molecule has 1 atom stereocenters. The van der Waals surface area contributed by atoms with Crippen molar-refractivity contribution in [2.24, 2.45) is 0 Å². The third-order valence-electron chi connectivity index (χ3n) is 4.07. The van der Waals surface area contributed by atoms with E-state index in [1.54, 1.807) is 23.3 Å². The Morgan fingerprint density at radius 2 is 2.00 bits per heavy atom. The summed E-state index contributed by atoms with van der Waals surface area (Å²) in [6, 6.07) is 3.70. The van der Waals surface area contributed by atoms with E-state index in [-0.39, 0.29) is 18.6 Å². The number of carbonyl (C=O) groups excluding carboxylic acids is 1. The smallest absolute Gasteiger partial charge is 0.260 e. The van der Waals surface area contributed by atoms with Crippen molar-refractivity contribution in [1.29, 1.82) is 0 Å². The molecule has 2 aromatic rings. The Hall–Kier alpha value is -1.95. The molecule has 0 aliphatic rings. The molecule has 0 radical (unpaired) electrons. The van der Waals surface area contributed by atoms with Gasteiger partial charge >= 0.3 is 0 Å². The third kappa shape index (κ3) is 4.12. The number of hydrogen-bond donors (Lipinski definition) is 0. The van der Waals surface area contributed by atoms with Crippen molar-refractivity contribution < 1.29 is 9.53 Å². The standard InChI is InChI=1S/C18H25N3O2S/c1-7-15-16(9-8-11(2)19-15)23-10-17(22)21(6)12(3)18-13(4)24-14(5)20-18/h8-9,12H,7,10H2,1-6H3. The van der Waals surface area contributed by atoms with Crippen molar-refractivity contribution in [2.45, 2.75) is 47.1 Å². The third-order valence-corrected chi connectivity index (χ3v) is 4.97. The van der Waals surface area contributed by atoms with Crippen LogP contribution in [-0.2, 0) is 11.2 Å². The lowest BCUT2D eigenvalue weighted by atomic mass is 10.2. The molecule has 0 bridgehead atoms. The molecule has 2 rings (SSSR count). The Morgan fingerprint density at radius 1 is 1.29 bits per heavy atom. The van der Waals surface area contributed by atoms with Crippen LogP contribution in [0, 0.1) is 20.8 Å². The van der Waals surface area contributed by atoms with Gasteiger partial charge in [0.1, 0.15) is 5.75 Å². The second-order valence-electron chi connectivity index (χ2n) is 5.89. The van der Waals surface area contributed by atoms with Gasteiger partial charge in [0.05, 0.1) is 22.4 Å². The van der Waals surface area contributed by atoms with Crippen LogP contribution in [0.1, 0.15) is 46.9 Å². The minimum atomic E-state index is -0.0761. The Kier molecular flexibility index (Phi) is 5.94. The van der Waals surface area contributed by atoms with Crippen molar-refractivity contribution in [3.8, 4) is 5.75 Å². The molecule has 2 aromatic heterocycles. The Balaban J connectivity index is 2.03. The molecule has 0 spiro atoms. The average molecular weight is 347 g/mol. The van der Waals surface area contributed by atoms with Crippen molar-refractivity contribution >= 4 is 17.2 Å². The van der Waals surface area contributed by atoms with Gasteiger partial charge in [0, 0.05) is 17.6 Å². The number of amides is 1. The van der Waals surface area contributed by atoms with E-state index >= 15 is 0 Å². The van der Waals surface area contributed by atoms with Gasteiger partial charge < -0.3 is 9.64 Å². The van der Waals surface area contributed by atoms with Crippen molar-refractivity contribution in [2.75, 3.05) is 13.7 Å². The summed E-state index contributed by atoms with van der Waals surface area (Å²) in [6.45, 7) is 9.98. The number of aromatic nitrogens is 2. The van der Waals surface area contributed by atoms with Gasteiger partial charge in [-0.15, -0.1) is 11.3 Å². The number of ether oxygens (including phenoxy) is 1. The molecule has 24 heavy (non-hydrogen) atoms. The topological polar surface area (TPSA) is 55.3 Å².